The minimum atomic E-state index is 0. The van der Waals surface area contributed by atoms with Crippen LogP contribution in [0.4, 0.5) is 0 Å². The van der Waals surface area contributed by atoms with Crippen molar-refractivity contribution >= 4 is 0 Å². The van der Waals surface area contributed by atoms with Gasteiger partial charge in [0, 0.05) is 0 Å². The predicted octanol–water partition coefficient (Wildman–Crippen LogP) is -8.88. The van der Waals surface area contributed by atoms with E-state index in [1.807, 2.05) is 0 Å². The Morgan fingerprint density at radius 2 is 1.14 bits per heavy atom. The first-order valence-corrected chi connectivity index (χ1v) is 0.591. The molecule has 0 spiro atoms. The maximum absolute atomic E-state index is 7.07. The van der Waals surface area contributed by atoms with E-state index in [1.165, 1.54) is 7.11 Å². The fraction of sp³-hybridized carbons (Fsp3) is 1.00. The van der Waals surface area contributed by atoms with E-state index in [9.17, 15) is 0 Å². The van der Waals surface area contributed by atoms with E-state index in [1.54, 1.807) is 0 Å². The third-order valence-corrected chi connectivity index (χ3v) is 0. The molecule has 45 valence electrons. The van der Waals surface area contributed by atoms with Crippen molar-refractivity contribution in [2.24, 2.45) is 0 Å². The predicted molar refractivity (Wildman–Crippen MR) is 9.64 cm³/mol. The van der Waals surface area contributed by atoms with E-state index in [2.05, 4.69) is 4.89 Å². The second kappa shape index (κ2) is 50.6. The molecular weight excluding hydrogens is 198 g/mol. The van der Waals surface area contributed by atoms with Crippen molar-refractivity contribution in [3.8, 4) is 0 Å². The monoisotopic (exact) mass is 201 g/mol. The molecular formula is CH4Cl3O2Ti. The van der Waals surface area contributed by atoms with E-state index < -0.39 is 0 Å². The molecule has 1 N–H and O–H groups in total. The standard InChI is InChI=1S/CH4O2.3ClH.Ti/c1-3-2;;;;/h2H,1H3;3*1H;/q;;;;+3/p-3. The molecule has 0 aromatic heterocycles. The summed E-state index contributed by atoms with van der Waals surface area (Å²) in [5.74, 6) is 0. The molecule has 0 heterocycles. The molecule has 0 aromatic rings. The van der Waals surface area contributed by atoms with Crippen molar-refractivity contribution in [2.45, 2.75) is 0 Å². The SMILES string of the molecule is COO.[Cl-].[Cl-].[Cl-].[Ti+3]. The van der Waals surface area contributed by atoms with E-state index >= 15 is 0 Å². The first kappa shape index (κ1) is 39.0. The molecule has 0 fully saturated rings. The van der Waals surface area contributed by atoms with E-state index in [-0.39, 0.29) is 58.9 Å². The summed E-state index contributed by atoms with van der Waals surface area (Å²) in [6.45, 7) is 0. The fourth-order valence-corrected chi connectivity index (χ4v) is 0. The first-order chi connectivity index (χ1) is 1.41. The Kier molecular flexibility index (Phi) is 282. The van der Waals surface area contributed by atoms with Gasteiger partial charge in [0.1, 0.15) is 0 Å². The second-order valence-electron chi connectivity index (χ2n) is 0.183. The van der Waals surface area contributed by atoms with Crippen LogP contribution in [0.25, 0.3) is 0 Å². The maximum atomic E-state index is 7.07. The van der Waals surface area contributed by atoms with Gasteiger partial charge >= 0.3 is 21.7 Å². The largest absolute Gasteiger partial charge is 3.00 e. The van der Waals surface area contributed by atoms with Crippen LogP contribution >= 0.6 is 0 Å². The fourth-order valence-electron chi connectivity index (χ4n) is 0. The van der Waals surface area contributed by atoms with Gasteiger partial charge in [0.25, 0.3) is 0 Å². The van der Waals surface area contributed by atoms with Crippen LogP contribution in [0.2, 0.25) is 0 Å². The molecule has 0 aromatic carbocycles. The molecule has 0 aliphatic rings. The van der Waals surface area contributed by atoms with Gasteiger partial charge in [0.2, 0.25) is 0 Å². The van der Waals surface area contributed by atoms with Crippen LogP contribution < -0.4 is 37.2 Å². The van der Waals surface area contributed by atoms with E-state index in [0.29, 0.717) is 0 Å². The normalized spacial score (nSPS) is 2.57. The molecule has 0 amide bonds. The smallest absolute Gasteiger partial charge is 1.00 e. The minimum absolute atomic E-state index is 0. The third-order valence-electron chi connectivity index (χ3n) is 0. The Hall–Kier alpha value is 1.50. The van der Waals surface area contributed by atoms with Gasteiger partial charge in [-0.2, -0.15) is 0 Å². The molecule has 7 heavy (non-hydrogen) atoms. The number of rotatable bonds is 0. The van der Waals surface area contributed by atoms with Crippen LogP contribution in [0.15, 0.2) is 0 Å². The topological polar surface area (TPSA) is 29.5 Å². The Morgan fingerprint density at radius 3 is 1.14 bits per heavy atom. The van der Waals surface area contributed by atoms with Gasteiger partial charge in [-0.1, -0.05) is 0 Å². The molecule has 2 nitrogen and oxygen atoms in total. The summed E-state index contributed by atoms with van der Waals surface area (Å²) in [5, 5.41) is 7.07. The summed E-state index contributed by atoms with van der Waals surface area (Å²) in [4.78, 5) is 3.25. The summed E-state index contributed by atoms with van der Waals surface area (Å²) in [7, 11) is 1.18. The summed E-state index contributed by atoms with van der Waals surface area (Å²) < 4.78 is 0. The Morgan fingerprint density at radius 1 is 1.14 bits per heavy atom. The average Bonchev–Trinajstić information content (AvgIpc) is 0.918. The van der Waals surface area contributed by atoms with Crippen molar-refractivity contribution in [2.75, 3.05) is 7.11 Å². The molecule has 0 rings (SSSR count). The molecule has 0 aliphatic heterocycles. The van der Waals surface area contributed by atoms with Crippen LogP contribution in [0.3, 0.4) is 0 Å². The van der Waals surface area contributed by atoms with Crippen molar-refractivity contribution in [1.82, 2.24) is 0 Å². The quantitative estimate of drug-likeness (QED) is 0.240. The van der Waals surface area contributed by atoms with Gasteiger partial charge in [-0.25, -0.2) is 4.89 Å². The van der Waals surface area contributed by atoms with Crippen LogP contribution in [0, 0.1) is 0 Å². The van der Waals surface area contributed by atoms with Crippen molar-refractivity contribution in [3.05, 3.63) is 0 Å². The molecule has 0 saturated heterocycles. The average molecular weight is 202 g/mol. The van der Waals surface area contributed by atoms with Crippen molar-refractivity contribution < 1.29 is 69.1 Å². The summed E-state index contributed by atoms with van der Waals surface area (Å²) in [5.41, 5.74) is 0. The van der Waals surface area contributed by atoms with Gasteiger partial charge in [0.15, 0.2) is 0 Å². The maximum Gasteiger partial charge on any atom is 3.00 e. The van der Waals surface area contributed by atoms with Crippen LogP contribution in [-0.2, 0) is 26.6 Å². The Labute approximate surface area is 76.0 Å². The second-order valence-corrected chi connectivity index (χ2v) is 0.183. The zero-order valence-corrected chi connectivity index (χ0v) is 7.32. The van der Waals surface area contributed by atoms with E-state index in [4.69, 9.17) is 5.26 Å². The molecule has 0 bridgehead atoms. The number of halogens is 3. The third kappa shape index (κ3) is 100. The van der Waals surface area contributed by atoms with Gasteiger partial charge < -0.3 is 37.2 Å². The molecule has 0 atom stereocenters. The Bertz CT molecular complexity index is 12.9. The van der Waals surface area contributed by atoms with Crippen molar-refractivity contribution in [1.29, 1.82) is 0 Å². The minimum Gasteiger partial charge on any atom is -1.00 e. The van der Waals surface area contributed by atoms with Gasteiger partial charge in [-0.3, -0.25) is 5.26 Å². The molecule has 6 heteroatoms. The van der Waals surface area contributed by atoms with Gasteiger partial charge in [0.05, 0.1) is 7.11 Å². The summed E-state index contributed by atoms with van der Waals surface area (Å²) >= 11 is 0. The number of hydrogen-bond acceptors (Lipinski definition) is 2. The Balaban J connectivity index is -0.00000000333. The molecule has 1 radical (unpaired) electrons. The summed E-state index contributed by atoms with van der Waals surface area (Å²) in [6, 6.07) is 0. The van der Waals surface area contributed by atoms with Crippen LogP contribution in [-0.4, -0.2) is 12.4 Å². The molecule has 0 unspecified atom stereocenters. The molecule has 0 saturated carbocycles. The zero-order chi connectivity index (χ0) is 2.71. The zero-order valence-electron chi connectivity index (χ0n) is 3.49. The molecule has 0 aliphatic carbocycles. The van der Waals surface area contributed by atoms with Crippen LogP contribution in [0.1, 0.15) is 0 Å². The van der Waals surface area contributed by atoms with Gasteiger partial charge in [-0.15, -0.1) is 0 Å². The van der Waals surface area contributed by atoms with Crippen LogP contribution in [0.5, 0.6) is 0 Å². The first-order valence-electron chi connectivity index (χ1n) is 0.591. The van der Waals surface area contributed by atoms with Crippen molar-refractivity contribution in [3.63, 3.8) is 0 Å². The number of hydrogen-bond donors (Lipinski definition) is 1. The van der Waals surface area contributed by atoms with E-state index in [0.717, 1.165) is 0 Å². The summed E-state index contributed by atoms with van der Waals surface area (Å²) in [6.07, 6.45) is 0. The van der Waals surface area contributed by atoms with Gasteiger partial charge in [-0.05, 0) is 0 Å².